The molecule has 4 N–H and O–H groups in total. The van der Waals surface area contributed by atoms with E-state index in [0.717, 1.165) is 5.56 Å². The molecule has 2 heterocycles. The van der Waals surface area contributed by atoms with Crippen LogP contribution in [0.25, 0.3) is 0 Å². The highest BCUT2D eigenvalue weighted by Gasteiger charge is 2.34. The van der Waals surface area contributed by atoms with Crippen LogP contribution in [0.4, 0.5) is 28.8 Å². The van der Waals surface area contributed by atoms with Gasteiger partial charge in [0, 0.05) is 29.9 Å². The molecule has 0 radical (unpaired) electrons. The Morgan fingerprint density at radius 2 is 1.75 bits per heavy atom. The summed E-state index contributed by atoms with van der Waals surface area (Å²) < 4.78 is 0. The van der Waals surface area contributed by atoms with Crippen molar-refractivity contribution >= 4 is 40.6 Å². The Balaban J connectivity index is 1.59. The highest BCUT2D eigenvalue weighted by molar-refractivity contribution is 6.04. The molecule has 0 bridgehead atoms. The van der Waals surface area contributed by atoms with Gasteiger partial charge in [0.1, 0.15) is 5.82 Å². The molecule has 1 aliphatic heterocycles. The van der Waals surface area contributed by atoms with E-state index in [4.69, 9.17) is 0 Å². The van der Waals surface area contributed by atoms with Crippen LogP contribution >= 0.6 is 0 Å². The van der Waals surface area contributed by atoms with Crippen LogP contribution in [-0.2, 0) is 9.59 Å². The van der Waals surface area contributed by atoms with Crippen LogP contribution in [0.5, 0.6) is 0 Å². The number of hydrogen-bond donors (Lipinski definition) is 4. The van der Waals surface area contributed by atoms with Gasteiger partial charge >= 0.3 is 0 Å². The predicted octanol–water partition coefficient (Wildman–Crippen LogP) is 2.79. The summed E-state index contributed by atoms with van der Waals surface area (Å²) in [6.45, 7) is 1.94. The van der Waals surface area contributed by atoms with Crippen LogP contribution in [0.3, 0.4) is 0 Å². The number of aromatic amines is 1. The summed E-state index contributed by atoms with van der Waals surface area (Å²) in [5, 5.41) is 18.9. The lowest BCUT2D eigenvalue weighted by Gasteiger charge is -2.23. The SMILES string of the molecule is Cc1ccc(Nc2nc3c(c(=O)[nH]2)C(C(=O)Nc2ccc([N+](=O)[O-])cc2)CC(=O)N3)cc1. The number of nitro groups is 1. The third kappa shape index (κ3) is 4.31. The number of anilines is 4. The van der Waals surface area contributed by atoms with E-state index in [2.05, 4.69) is 25.9 Å². The Morgan fingerprint density at radius 3 is 2.41 bits per heavy atom. The van der Waals surface area contributed by atoms with Gasteiger partial charge in [-0.05, 0) is 31.2 Å². The monoisotopic (exact) mass is 434 g/mol. The lowest BCUT2D eigenvalue weighted by atomic mass is 9.92. The minimum Gasteiger partial charge on any atom is -0.326 e. The van der Waals surface area contributed by atoms with Gasteiger partial charge in [0.2, 0.25) is 17.8 Å². The third-order valence-electron chi connectivity index (χ3n) is 4.93. The van der Waals surface area contributed by atoms with Crippen LogP contribution in [0.2, 0.25) is 0 Å². The fraction of sp³-hybridized carbons (Fsp3) is 0.143. The molecule has 2 amide bonds. The van der Waals surface area contributed by atoms with Gasteiger partial charge in [0.25, 0.3) is 11.2 Å². The minimum absolute atomic E-state index is 0.00320. The van der Waals surface area contributed by atoms with Crippen LogP contribution in [-0.4, -0.2) is 26.7 Å². The number of nitro benzene ring substituents is 1. The molecular formula is C21H18N6O5. The Morgan fingerprint density at radius 1 is 1.09 bits per heavy atom. The molecule has 11 nitrogen and oxygen atoms in total. The zero-order chi connectivity index (χ0) is 22.8. The normalized spacial score (nSPS) is 14.8. The number of H-pyrrole nitrogens is 1. The first-order chi connectivity index (χ1) is 15.3. The van der Waals surface area contributed by atoms with E-state index in [1.165, 1.54) is 24.3 Å². The van der Waals surface area contributed by atoms with Crippen molar-refractivity contribution in [3.63, 3.8) is 0 Å². The van der Waals surface area contributed by atoms with Crippen molar-refractivity contribution in [2.45, 2.75) is 19.3 Å². The molecule has 4 rings (SSSR count). The average molecular weight is 434 g/mol. The second-order valence-corrected chi connectivity index (χ2v) is 7.27. The molecule has 1 aromatic heterocycles. The summed E-state index contributed by atoms with van der Waals surface area (Å²) in [6.07, 6.45) is -0.235. The van der Waals surface area contributed by atoms with E-state index in [1.54, 1.807) is 0 Å². The standard InChI is InChI=1S/C21H18N6O5/c1-11-2-4-13(5-3-11)23-21-25-18-17(20(30)26-21)15(10-16(28)24-18)19(29)22-12-6-8-14(9-7-12)27(31)32/h2-9,15H,10H2,1H3,(H,22,29)(H3,23,24,25,26,28,30). The number of carbonyl (C=O) groups excluding carboxylic acids is 2. The highest BCUT2D eigenvalue weighted by Crippen LogP contribution is 2.30. The van der Waals surface area contributed by atoms with Crippen LogP contribution in [0, 0.1) is 17.0 Å². The maximum Gasteiger partial charge on any atom is 0.269 e. The molecule has 0 saturated carbocycles. The number of non-ortho nitro benzene ring substituents is 1. The molecule has 0 aliphatic carbocycles. The number of nitrogens with zero attached hydrogens (tertiary/aromatic N) is 2. The molecule has 1 atom stereocenters. The molecule has 11 heteroatoms. The van der Waals surface area contributed by atoms with Gasteiger partial charge in [0.15, 0.2) is 0 Å². The number of amides is 2. The topological polar surface area (TPSA) is 159 Å². The van der Waals surface area contributed by atoms with Gasteiger partial charge in [-0.1, -0.05) is 17.7 Å². The number of aromatic nitrogens is 2. The van der Waals surface area contributed by atoms with Gasteiger partial charge in [-0.2, -0.15) is 4.98 Å². The molecule has 1 aliphatic rings. The number of rotatable bonds is 5. The summed E-state index contributed by atoms with van der Waals surface area (Å²) in [5.74, 6) is -2.00. The average Bonchev–Trinajstić information content (AvgIpc) is 2.75. The van der Waals surface area contributed by atoms with E-state index in [9.17, 15) is 24.5 Å². The van der Waals surface area contributed by atoms with E-state index in [-0.39, 0.29) is 29.4 Å². The van der Waals surface area contributed by atoms with Crippen molar-refractivity contribution < 1.29 is 14.5 Å². The molecule has 162 valence electrons. The van der Waals surface area contributed by atoms with Crippen molar-refractivity contribution in [2.75, 3.05) is 16.0 Å². The van der Waals surface area contributed by atoms with Crippen molar-refractivity contribution in [1.29, 1.82) is 0 Å². The first-order valence-corrected chi connectivity index (χ1v) is 9.63. The zero-order valence-electron chi connectivity index (χ0n) is 16.8. The molecule has 1 unspecified atom stereocenters. The fourth-order valence-corrected chi connectivity index (χ4v) is 3.32. The van der Waals surface area contributed by atoms with E-state index in [1.807, 2.05) is 31.2 Å². The molecule has 0 fully saturated rings. The molecule has 32 heavy (non-hydrogen) atoms. The first kappa shape index (κ1) is 20.7. The lowest BCUT2D eigenvalue weighted by molar-refractivity contribution is -0.384. The van der Waals surface area contributed by atoms with Crippen molar-refractivity contribution in [2.24, 2.45) is 0 Å². The summed E-state index contributed by atoms with van der Waals surface area (Å²) in [6, 6.07) is 12.6. The minimum atomic E-state index is -1.07. The van der Waals surface area contributed by atoms with Crippen molar-refractivity contribution in [1.82, 2.24) is 9.97 Å². The number of carbonyl (C=O) groups is 2. The predicted molar refractivity (Wildman–Crippen MR) is 117 cm³/mol. The number of nitrogens with one attached hydrogen (secondary N) is 4. The molecular weight excluding hydrogens is 416 g/mol. The van der Waals surface area contributed by atoms with Crippen LogP contribution in [0.1, 0.15) is 23.5 Å². The summed E-state index contributed by atoms with van der Waals surface area (Å²) >= 11 is 0. The molecule has 0 spiro atoms. The Labute approximate surface area is 181 Å². The van der Waals surface area contributed by atoms with Gasteiger partial charge in [-0.25, -0.2) is 0 Å². The quantitative estimate of drug-likeness (QED) is 0.355. The Hall–Kier alpha value is -4.54. The summed E-state index contributed by atoms with van der Waals surface area (Å²) in [7, 11) is 0. The molecule has 0 saturated heterocycles. The summed E-state index contributed by atoms with van der Waals surface area (Å²) in [4.78, 5) is 54.9. The molecule has 2 aromatic carbocycles. The van der Waals surface area contributed by atoms with E-state index in [0.29, 0.717) is 11.4 Å². The third-order valence-corrected chi connectivity index (χ3v) is 4.93. The van der Waals surface area contributed by atoms with E-state index >= 15 is 0 Å². The van der Waals surface area contributed by atoms with Gasteiger partial charge < -0.3 is 16.0 Å². The second-order valence-electron chi connectivity index (χ2n) is 7.27. The van der Waals surface area contributed by atoms with Crippen LogP contribution < -0.4 is 21.5 Å². The van der Waals surface area contributed by atoms with Gasteiger partial charge in [-0.15, -0.1) is 0 Å². The van der Waals surface area contributed by atoms with Gasteiger partial charge in [-0.3, -0.25) is 29.5 Å². The fourth-order valence-electron chi connectivity index (χ4n) is 3.32. The summed E-state index contributed by atoms with van der Waals surface area (Å²) in [5.41, 5.74) is 1.41. The number of fused-ring (bicyclic) bond motifs is 1. The van der Waals surface area contributed by atoms with E-state index < -0.39 is 28.2 Å². The smallest absolute Gasteiger partial charge is 0.269 e. The Kier molecular flexibility index (Phi) is 5.37. The first-order valence-electron chi connectivity index (χ1n) is 9.63. The van der Waals surface area contributed by atoms with Crippen molar-refractivity contribution in [3.05, 3.63) is 80.1 Å². The highest BCUT2D eigenvalue weighted by atomic mass is 16.6. The number of hydrogen-bond acceptors (Lipinski definition) is 7. The largest absolute Gasteiger partial charge is 0.326 e. The molecule has 3 aromatic rings. The number of benzene rings is 2. The lowest BCUT2D eigenvalue weighted by Crippen LogP contribution is -2.36. The zero-order valence-corrected chi connectivity index (χ0v) is 16.8. The maximum absolute atomic E-state index is 12.8. The maximum atomic E-state index is 12.8. The second kappa shape index (κ2) is 8.30. The van der Waals surface area contributed by atoms with Crippen LogP contribution in [0.15, 0.2) is 53.3 Å². The Bertz CT molecular complexity index is 1270. The van der Waals surface area contributed by atoms with Gasteiger partial charge in [0.05, 0.1) is 16.4 Å². The van der Waals surface area contributed by atoms with Crippen molar-refractivity contribution in [3.8, 4) is 0 Å². The number of aryl methyl sites for hydroxylation is 1.